The highest BCUT2D eigenvalue weighted by Gasteiger charge is 2.20. The Balaban J connectivity index is 1.23. The lowest BCUT2D eigenvalue weighted by molar-refractivity contribution is 0.787. The molecular weight excluding hydrogens is 673 g/mol. The Bertz CT molecular complexity index is 3730. The van der Waals surface area contributed by atoms with Crippen LogP contribution in [0.2, 0.25) is 0 Å². The summed E-state index contributed by atoms with van der Waals surface area (Å²) in [5.74, 6) is 0.977. The lowest BCUT2D eigenvalue weighted by atomic mass is 10.0. The van der Waals surface area contributed by atoms with Crippen LogP contribution in [0.15, 0.2) is 157 Å². The molecule has 244 valence electrons. The van der Waals surface area contributed by atoms with Crippen LogP contribution in [0.4, 0.5) is 0 Å². The summed E-state index contributed by atoms with van der Waals surface area (Å²) in [6, 6.07) is 28.2. The standard InChI is InChI=1S/C46H28N4S2/c1-2-11-28(12-3-1)29-21-23-30(24-22-29)45-47-41(48-46(49-45)36-17-10-16-34-32-14-5-8-19-38(32)52-44(34)36)27-50-37-18-7-4-13-31(37)33-25-26-40-42(43(33)50)35-15-6-9-20-39(35)51-40/h1-26H,27H2/i4D,6D,7D,9D,13D,15D,18D,20D,25D,26D. The molecule has 52 heavy (non-hydrogen) atoms. The van der Waals surface area contributed by atoms with E-state index >= 15 is 0 Å². The summed E-state index contributed by atoms with van der Waals surface area (Å²) >= 11 is 2.61. The van der Waals surface area contributed by atoms with E-state index in [-0.39, 0.29) is 84.6 Å². The minimum Gasteiger partial charge on any atom is -0.332 e. The molecule has 11 rings (SSSR count). The molecule has 0 amide bonds. The second kappa shape index (κ2) is 11.7. The molecule has 0 aliphatic heterocycles. The quantitative estimate of drug-likeness (QED) is 0.179. The van der Waals surface area contributed by atoms with Crippen LogP contribution in [-0.2, 0) is 6.54 Å². The molecule has 0 radical (unpaired) electrons. The minimum atomic E-state index is -0.509. The predicted molar refractivity (Wildman–Crippen MR) is 220 cm³/mol. The highest BCUT2D eigenvalue weighted by Crippen LogP contribution is 2.43. The summed E-state index contributed by atoms with van der Waals surface area (Å²) in [6.07, 6.45) is 0. The van der Waals surface area contributed by atoms with Crippen LogP contribution in [0.1, 0.15) is 19.5 Å². The summed E-state index contributed by atoms with van der Waals surface area (Å²) in [5, 5.41) is 2.63. The van der Waals surface area contributed by atoms with Crippen molar-refractivity contribution in [3.05, 3.63) is 163 Å². The maximum Gasteiger partial charge on any atom is 0.165 e. The van der Waals surface area contributed by atoms with E-state index in [2.05, 4.69) is 18.2 Å². The van der Waals surface area contributed by atoms with Gasteiger partial charge in [-0.05, 0) is 41.4 Å². The number of benzene rings is 7. The highest BCUT2D eigenvalue weighted by molar-refractivity contribution is 7.26. The number of fused-ring (bicyclic) bond motifs is 10. The summed E-state index contributed by atoms with van der Waals surface area (Å²) < 4.78 is 93.3. The van der Waals surface area contributed by atoms with Gasteiger partial charge in [0, 0.05) is 67.8 Å². The zero-order valence-corrected chi connectivity index (χ0v) is 28.7. The van der Waals surface area contributed by atoms with Crippen LogP contribution in [0.3, 0.4) is 0 Å². The Morgan fingerprint density at radius 1 is 0.500 bits per heavy atom. The molecule has 4 nitrogen and oxygen atoms in total. The van der Waals surface area contributed by atoms with Crippen molar-refractivity contribution in [3.63, 3.8) is 0 Å². The molecule has 0 atom stereocenters. The maximum absolute atomic E-state index is 9.34. The molecule has 6 heteroatoms. The van der Waals surface area contributed by atoms with E-state index in [0.717, 1.165) is 48.2 Å². The van der Waals surface area contributed by atoms with E-state index in [1.807, 2.05) is 78.9 Å². The van der Waals surface area contributed by atoms with Crippen molar-refractivity contribution in [1.82, 2.24) is 19.5 Å². The molecule has 0 aliphatic rings. The van der Waals surface area contributed by atoms with Gasteiger partial charge in [-0.2, -0.15) is 0 Å². The fourth-order valence-electron chi connectivity index (χ4n) is 7.09. The first-order valence-corrected chi connectivity index (χ1v) is 18.2. The second-order valence-electron chi connectivity index (χ2n) is 12.4. The summed E-state index contributed by atoms with van der Waals surface area (Å²) in [6.45, 7) is -0.191. The predicted octanol–water partition coefficient (Wildman–Crippen LogP) is 12.8. The lowest BCUT2D eigenvalue weighted by Gasteiger charge is -2.12. The van der Waals surface area contributed by atoms with Crippen LogP contribution in [-0.4, -0.2) is 19.5 Å². The third-order valence-corrected chi connectivity index (χ3v) is 11.7. The van der Waals surface area contributed by atoms with Gasteiger partial charge in [0.05, 0.1) is 25.8 Å². The van der Waals surface area contributed by atoms with E-state index in [0.29, 0.717) is 17.2 Å². The van der Waals surface area contributed by atoms with Gasteiger partial charge in [0.15, 0.2) is 17.5 Å². The molecule has 0 unspecified atom stereocenters. The van der Waals surface area contributed by atoms with Gasteiger partial charge in [0.2, 0.25) is 0 Å². The van der Waals surface area contributed by atoms with E-state index in [9.17, 15) is 4.11 Å². The molecular formula is C46H28N4S2. The van der Waals surface area contributed by atoms with Gasteiger partial charge in [-0.15, -0.1) is 22.7 Å². The van der Waals surface area contributed by atoms with Gasteiger partial charge in [-0.25, -0.2) is 15.0 Å². The number of rotatable bonds is 5. The Morgan fingerprint density at radius 2 is 1.23 bits per heavy atom. The van der Waals surface area contributed by atoms with Crippen LogP contribution >= 0.6 is 22.7 Å². The first kappa shape index (κ1) is 21.2. The molecule has 0 N–H and O–H groups in total. The van der Waals surface area contributed by atoms with Gasteiger partial charge in [0.1, 0.15) is 0 Å². The van der Waals surface area contributed by atoms with Crippen LogP contribution in [0, 0.1) is 0 Å². The zero-order valence-electron chi connectivity index (χ0n) is 37.1. The van der Waals surface area contributed by atoms with E-state index in [4.69, 9.17) is 24.5 Å². The van der Waals surface area contributed by atoms with E-state index in [1.165, 1.54) is 0 Å². The second-order valence-corrected chi connectivity index (χ2v) is 14.5. The van der Waals surface area contributed by atoms with Crippen molar-refractivity contribution in [2.24, 2.45) is 0 Å². The van der Waals surface area contributed by atoms with Crippen LogP contribution < -0.4 is 0 Å². The molecule has 7 aromatic carbocycles. The normalized spacial score (nSPS) is 14.6. The Morgan fingerprint density at radius 3 is 2.13 bits per heavy atom. The molecule has 11 aromatic rings. The van der Waals surface area contributed by atoms with Gasteiger partial charge in [-0.1, -0.05) is 127 Å². The topological polar surface area (TPSA) is 43.6 Å². The van der Waals surface area contributed by atoms with Crippen molar-refractivity contribution in [2.75, 3.05) is 0 Å². The minimum absolute atomic E-state index is 0.0210. The molecule has 0 bridgehead atoms. The Hall–Kier alpha value is -6.21. The number of nitrogens with zero attached hydrogens (tertiary/aromatic N) is 4. The van der Waals surface area contributed by atoms with E-state index < -0.39 is 30.2 Å². The fourth-order valence-corrected chi connectivity index (χ4v) is 9.27. The smallest absolute Gasteiger partial charge is 0.165 e. The molecule has 0 saturated heterocycles. The molecule has 4 aromatic heterocycles. The molecule has 0 saturated carbocycles. The summed E-state index contributed by atoms with van der Waals surface area (Å²) in [7, 11) is 0. The van der Waals surface area contributed by atoms with Crippen LogP contribution in [0.25, 0.3) is 96.1 Å². The van der Waals surface area contributed by atoms with Gasteiger partial charge in [0.25, 0.3) is 0 Å². The van der Waals surface area contributed by atoms with Crippen molar-refractivity contribution < 1.29 is 13.7 Å². The summed E-state index contributed by atoms with van der Waals surface area (Å²) in [4.78, 5) is 15.2. The van der Waals surface area contributed by atoms with Gasteiger partial charge >= 0.3 is 0 Å². The van der Waals surface area contributed by atoms with Crippen molar-refractivity contribution in [1.29, 1.82) is 0 Å². The molecule has 0 spiro atoms. The number of hydrogen-bond acceptors (Lipinski definition) is 5. The van der Waals surface area contributed by atoms with Gasteiger partial charge in [-0.3, -0.25) is 0 Å². The van der Waals surface area contributed by atoms with Crippen molar-refractivity contribution in [3.8, 4) is 33.9 Å². The molecule has 0 fully saturated rings. The largest absolute Gasteiger partial charge is 0.332 e. The monoisotopic (exact) mass is 710 g/mol. The lowest BCUT2D eigenvalue weighted by Crippen LogP contribution is -2.08. The third kappa shape index (κ3) is 4.62. The SMILES string of the molecule is [2H]c1c([2H])c([2H])c2c(sc3c([2H])c([2H])c4c5c([2H])c([2H])c([2H])c([2H])c5n(Cc5nc(-c6ccc(-c7ccccc7)cc6)nc(-c6cccc7c6sc6ccccc67)n5)c4c32)c1[2H]. The molecule has 4 heterocycles. The highest BCUT2D eigenvalue weighted by atomic mass is 32.1. The number of thiophene rings is 2. The first-order valence-electron chi connectivity index (χ1n) is 21.6. The van der Waals surface area contributed by atoms with Crippen molar-refractivity contribution >= 4 is 84.8 Å². The van der Waals surface area contributed by atoms with Crippen molar-refractivity contribution in [2.45, 2.75) is 6.54 Å². The average molecular weight is 711 g/mol. The molecule has 0 aliphatic carbocycles. The number of hydrogen-bond donors (Lipinski definition) is 0. The summed E-state index contributed by atoms with van der Waals surface area (Å²) in [5.41, 5.74) is 3.80. The number of aromatic nitrogens is 4. The Kier molecular flexibility index (Phi) is 4.76. The van der Waals surface area contributed by atoms with E-state index in [1.54, 1.807) is 15.9 Å². The fraction of sp³-hybridized carbons (Fsp3) is 0.0217. The van der Waals surface area contributed by atoms with Gasteiger partial charge < -0.3 is 4.57 Å². The average Bonchev–Trinajstić information content (AvgIpc) is 3.99. The van der Waals surface area contributed by atoms with Crippen LogP contribution in [0.5, 0.6) is 0 Å². The maximum atomic E-state index is 9.34. The number of para-hydroxylation sites is 1. The Labute approximate surface area is 321 Å². The third-order valence-electron chi connectivity index (χ3n) is 9.44. The first-order chi connectivity index (χ1) is 29.9. The zero-order chi connectivity index (χ0) is 42.9.